The molecule has 1 fully saturated rings. The maximum absolute atomic E-state index is 12.5. The lowest BCUT2D eigenvalue weighted by molar-refractivity contribution is -0.117. The van der Waals surface area contributed by atoms with Crippen LogP contribution in [-0.2, 0) is 4.79 Å². The molecule has 0 saturated carbocycles. The second kappa shape index (κ2) is 8.37. The van der Waals surface area contributed by atoms with Crippen LogP contribution in [0.2, 0.25) is 5.02 Å². The smallest absolute Gasteiger partial charge is 0.257 e. The summed E-state index contributed by atoms with van der Waals surface area (Å²) in [6.07, 6.45) is 0.352. The normalized spacial score (nSPS) is 16.3. The van der Waals surface area contributed by atoms with Gasteiger partial charge in [-0.2, -0.15) is 0 Å². The van der Waals surface area contributed by atoms with E-state index in [1.54, 1.807) is 17.0 Å². The van der Waals surface area contributed by atoms with Gasteiger partial charge in [0.25, 0.3) is 5.91 Å². The van der Waals surface area contributed by atoms with Crippen molar-refractivity contribution in [2.24, 2.45) is 0 Å². The molecule has 3 aromatic rings. The first kappa shape index (κ1) is 20.2. The van der Waals surface area contributed by atoms with Crippen LogP contribution in [0.4, 0.5) is 10.8 Å². The van der Waals surface area contributed by atoms with Gasteiger partial charge < -0.3 is 4.90 Å². The Morgan fingerprint density at radius 2 is 2.10 bits per heavy atom. The fourth-order valence-electron chi connectivity index (χ4n) is 3.12. The van der Waals surface area contributed by atoms with E-state index in [2.05, 4.69) is 38.1 Å². The molecule has 6 nitrogen and oxygen atoms in total. The van der Waals surface area contributed by atoms with Crippen LogP contribution in [0.5, 0.6) is 0 Å². The molecule has 1 aliphatic heterocycles. The molecule has 2 aromatic carbocycles. The van der Waals surface area contributed by atoms with E-state index in [0.717, 1.165) is 19.8 Å². The van der Waals surface area contributed by atoms with Crippen molar-refractivity contribution in [2.45, 2.75) is 19.3 Å². The Hall–Kier alpha value is -2.04. The van der Waals surface area contributed by atoms with Gasteiger partial charge in [-0.15, -0.1) is 10.2 Å². The summed E-state index contributed by atoms with van der Waals surface area (Å²) in [5.74, 6) is -0.275. The lowest BCUT2D eigenvalue weighted by atomic mass is 10.1. The van der Waals surface area contributed by atoms with Crippen molar-refractivity contribution >= 4 is 68.2 Å². The fourth-order valence-corrected chi connectivity index (χ4v) is 4.67. The van der Waals surface area contributed by atoms with Gasteiger partial charge in [0.05, 0.1) is 0 Å². The third-order valence-electron chi connectivity index (χ3n) is 4.69. The van der Waals surface area contributed by atoms with Crippen LogP contribution in [0.1, 0.15) is 33.3 Å². The Bertz CT molecular complexity index is 1100. The Morgan fingerprint density at radius 1 is 1.28 bits per heavy atom. The minimum absolute atomic E-state index is 0.0227. The van der Waals surface area contributed by atoms with Crippen LogP contribution >= 0.6 is 45.5 Å². The fraction of sp³-hybridized carbons (Fsp3) is 0.200. The molecule has 0 aliphatic carbocycles. The number of aryl methyl sites for hydroxylation is 1. The van der Waals surface area contributed by atoms with Gasteiger partial charge in [-0.3, -0.25) is 14.9 Å². The van der Waals surface area contributed by atoms with Crippen LogP contribution in [-0.4, -0.2) is 28.6 Å². The Balaban J connectivity index is 1.46. The standard InChI is InChI=1S/C20H16ClIN4O2S/c1-11-5-6-15(9-16(11)21)26-10-13(8-17(26)27)19-24-25-20(29-19)23-18(28)12-3-2-4-14(22)7-12/h2-7,9,13H,8,10H2,1H3,(H,23,25,28). The van der Waals surface area contributed by atoms with Gasteiger partial charge in [0.2, 0.25) is 11.0 Å². The highest BCUT2D eigenvalue weighted by Crippen LogP contribution is 2.35. The number of carbonyl (C=O) groups is 2. The monoisotopic (exact) mass is 538 g/mol. The zero-order valence-electron chi connectivity index (χ0n) is 15.4. The van der Waals surface area contributed by atoms with Crippen LogP contribution in [0, 0.1) is 10.5 Å². The Kier molecular flexibility index (Phi) is 5.84. The molecule has 4 rings (SSSR count). The predicted molar refractivity (Wildman–Crippen MR) is 123 cm³/mol. The topological polar surface area (TPSA) is 75.2 Å². The number of amides is 2. The van der Waals surface area contributed by atoms with Gasteiger partial charge in [0.15, 0.2) is 0 Å². The summed E-state index contributed by atoms with van der Waals surface area (Å²) in [5.41, 5.74) is 2.31. The Labute approximate surface area is 190 Å². The van der Waals surface area contributed by atoms with Crippen LogP contribution in [0.25, 0.3) is 0 Å². The van der Waals surface area contributed by atoms with E-state index in [4.69, 9.17) is 11.6 Å². The third-order valence-corrected chi connectivity index (χ3v) is 6.77. The molecule has 0 radical (unpaired) electrons. The minimum atomic E-state index is -0.232. The van der Waals surface area contributed by atoms with Crippen molar-refractivity contribution in [1.82, 2.24) is 10.2 Å². The molecule has 1 atom stereocenters. The maximum atomic E-state index is 12.5. The zero-order valence-corrected chi connectivity index (χ0v) is 19.1. The molecule has 1 aliphatic rings. The van der Waals surface area contributed by atoms with Crippen LogP contribution in [0.3, 0.4) is 0 Å². The van der Waals surface area contributed by atoms with E-state index in [1.165, 1.54) is 11.3 Å². The number of hydrogen-bond donors (Lipinski definition) is 1. The molecule has 0 bridgehead atoms. The molecule has 1 unspecified atom stereocenters. The second-order valence-corrected chi connectivity index (χ2v) is 9.41. The molecular formula is C20H16ClIN4O2S. The third kappa shape index (κ3) is 4.44. The number of nitrogens with one attached hydrogen (secondary N) is 1. The van der Waals surface area contributed by atoms with Gasteiger partial charge in [0, 0.05) is 38.7 Å². The van der Waals surface area contributed by atoms with E-state index < -0.39 is 0 Å². The largest absolute Gasteiger partial charge is 0.312 e. The van der Waals surface area contributed by atoms with Crippen molar-refractivity contribution in [3.63, 3.8) is 0 Å². The number of rotatable bonds is 4. The van der Waals surface area contributed by atoms with E-state index in [1.807, 2.05) is 37.3 Å². The number of carbonyl (C=O) groups excluding carboxylic acids is 2. The van der Waals surface area contributed by atoms with Gasteiger partial charge >= 0.3 is 0 Å². The minimum Gasteiger partial charge on any atom is -0.312 e. The Morgan fingerprint density at radius 3 is 2.86 bits per heavy atom. The summed E-state index contributed by atoms with van der Waals surface area (Å²) in [5, 5.41) is 12.9. The number of nitrogens with zero attached hydrogens (tertiary/aromatic N) is 3. The number of halogens is 2. The van der Waals surface area contributed by atoms with Crippen molar-refractivity contribution in [3.8, 4) is 0 Å². The van der Waals surface area contributed by atoms with Crippen LogP contribution in [0.15, 0.2) is 42.5 Å². The van der Waals surface area contributed by atoms with E-state index in [9.17, 15) is 9.59 Å². The van der Waals surface area contributed by atoms with Gasteiger partial charge in [0.1, 0.15) is 5.01 Å². The molecule has 1 saturated heterocycles. The molecule has 0 spiro atoms. The van der Waals surface area contributed by atoms with Crippen molar-refractivity contribution in [2.75, 3.05) is 16.8 Å². The number of anilines is 2. The average molecular weight is 539 g/mol. The summed E-state index contributed by atoms with van der Waals surface area (Å²) in [6, 6.07) is 12.9. The van der Waals surface area contributed by atoms with Gasteiger partial charge in [-0.05, 0) is 65.4 Å². The summed E-state index contributed by atoms with van der Waals surface area (Å²) < 4.78 is 0.981. The molecule has 1 N–H and O–H groups in total. The number of aromatic nitrogens is 2. The molecular weight excluding hydrogens is 523 g/mol. The lowest BCUT2D eigenvalue weighted by Gasteiger charge is -2.17. The molecule has 148 valence electrons. The van der Waals surface area contributed by atoms with E-state index >= 15 is 0 Å². The highest BCUT2D eigenvalue weighted by Gasteiger charge is 2.34. The van der Waals surface area contributed by atoms with Crippen molar-refractivity contribution < 1.29 is 9.59 Å². The highest BCUT2D eigenvalue weighted by atomic mass is 127. The molecule has 1 aromatic heterocycles. The quantitative estimate of drug-likeness (QED) is 0.481. The second-order valence-electron chi connectivity index (χ2n) is 6.75. The number of hydrogen-bond acceptors (Lipinski definition) is 5. The predicted octanol–water partition coefficient (Wildman–Crippen LogP) is 4.88. The van der Waals surface area contributed by atoms with Gasteiger partial charge in [-0.25, -0.2) is 0 Å². The summed E-state index contributed by atoms with van der Waals surface area (Å²) >= 11 is 9.67. The molecule has 9 heteroatoms. The zero-order chi connectivity index (χ0) is 20.5. The average Bonchev–Trinajstić information content (AvgIpc) is 3.30. The summed E-state index contributed by atoms with van der Waals surface area (Å²) in [7, 11) is 0. The maximum Gasteiger partial charge on any atom is 0.257 e. The SMILES string of the molecule is Cc1ccc(N2CC(c3nnc(NC(=O)c4cccc(I)c4)s3)CC2=O)cc1Cl. The lowest BCUT2D eigenvalue weighted by Crippen LogP contribution is -2.24. The first-order valence-electron chi connectivity index (χ1n) is 8.87. The van der Waals surface area contributed by atoms with E-state index in [-0.39, 0.29) is 17.7 Å². The van der Waals surface area contributed by atoms with Gasteiger partial charge in [-0.1, -0.05) is 35.1 Å². The van der Waals surface area contributed by atoms with Crippen LogP contribution < -0.4 is 10.2 Å². The first-order valence-corrected chi connectivity index (χ1v) is 11.1. The first-order chi connectivity index (χ1) is 13.9. The summed E-state index contributed by atoms with van der Waals surface area (Å²) in [4.78, 5) is 26.6. The van der Waals surface area contributed by atoms with Crippen molar-refractivity contribution in [3.05, 3.63) is 67.2 Å². The highest BCUT2D eigenvalue weighted by molar-refractivity contribution is 14.1. The molecule has 2 amide bonds. The van der Waals surface area contributed by atoms with Crippen molar-refractivity contribution in [1.29, 1.82) is 0 Å². The van der Waals surface area contributed by atoms with E-state index in [0.29, 0.717) is 28.7 Å². The number of benzene rings is 2. The molecule has 29 heavy (non-hydrogen) atoms. The summed E-state index contributed by atoms with van der Waals surface area (Å²) in [6.45, 7) is 2.44. The molecule has 2 heterocycles.